The Hall–Kier alpha value is -5.99. The first-order valence-electron chi connectivity index (χ1n) is 22.7. The Kier molecular flexibility index (Phi) is 12.6. The Morgan fingerprint density at radius 3 is 2.13 bits per heavy atom. The van der Waals surface area contributed by atoms with Crippen LogP contribution in [0.4, 0.5) is 27.8 Å². The minimum Gasteiger partial charge on any atom is -0.497 e. The van der Waals surface area contributed by atoms with Gasteiger partial charge in [-0.15, -0.1) is 0 Å². The number of imide groups is 1. The Bertz CT molecular complexity index is 2380. The van der Waals surface area contributed by atoms with E-state index in [4.69, 9.17) is 9.72 Å². The number of methoxy groups -OCH3 is 1. The summed E-state index contributed by atoms with van der Waals surface area (Å²) >= 11 is 0. The van der Waals surface area contributed by atoms with Gasteiger partial charge in [-0.1, -0.05) is 37.1 Å². The molecule has 2 aromatic heterocycles. The quantitative estimate of drug-likeness (QED) is 0.129. The van der Waals surface area contributed by atoms with Crippen molar-refractivity contribution in [2.75, 3.05) is 95.2 Å². The molecule has 5 aromatic rings. The number of nitrogens with zero attached hydrogens (tertiary/aromatic N) is 9. The van der Waals surface area contributed by atoms with Crippen LogP contribution in [-0.2, 0) is 11.3 Å². The molecule has 0 atom stereocenters. The highest BCUT2D eigenvalue weighted by molar-refractivity contribution is 6.05. The summed E-state index contributed by atoms with van der Waals surface area (Å²) in [6.45, 7) is 9.06. The first kappa shape index (κ1) is 42.3. The first-order chi connectivity index (χ1) is 30.7. The van der Waals surface area contributed by atoms with Crippen molar-refractivity contribution in [2.24, 2.45) is 0 Å². The maximum absolute atomic E-state index is 13.5. The fraction of sp³-hybridized carbons (Fsp3) is 0.449. The van der Waals surface area contributed by atoms with E-state index in [1.54, 1.807) is 31.0 Å². The van der Waals surface area contributed by atoms with Crippen molar-refractivity contribution in [1.82, 2.24) is 34.1 Å². The second-order valence-corrected chi connectivity index (χ2v) is 17.7. The highest BCUT2D eigenvalue weighted by atomic mass is 16.5. The lowest BCUT2D eigenvalue weighted by molar-refractivity contribution is -0.129. The standard InChI is InChI=1S/C49H60N10O4/c1-53(2)47(61)44-32-38-33-50-48(52-46(38)59(44)42-6-4-5-7-42)51-39-12-16-40(17-13-39)56-30-28-55(29-31-56)27-26-54-23-20-37(21-24-54)36-10-14-41(15-11-36)57-25-22-45(60)58(49(57)62)34-35-8-18-43(63-3)19-9-35/h8-19,32-33,37,42H,4-7,20-31,34H2,1-3H3,(H,50,51,52). The van der Waals surface area contributed by atoms with Gasteiger partial charge in [-0.25, -0.2) is 9.78 Å². The van der Waals surface area contributed by atoms with Crippen LogP contribution >= 0.6 is 0 Å². The van der Waals surface area contributed by atoms with Crippen LogP contribution in [0.3, 0.4) is 0 Å². The lowest BCUT2D eigenvalue weighted by Crippen LogP contribution is -2.52. The van der Waals surface area contributed by atoms with Gasteiger partial charge in [-0.05, 0) is 110 Å². The predicted octanol–water partition coefficient (Wildman–Crippen LogP) is 7.36. The highest BCUT2D eigenvalue weighted by Crippen LogP contribution is 2.35. The van der Waals surface area contributed by atoms with Crippen LogP contribution < -0.4 is 19.9 Å². The number of benzene rings is 3. The molecule has 3 saturated heterocycles. The van der Waals surface area contributed by atoms with Crippen molar-refractivity contribution in [3.05, 3.63) is 102 Å². The van der Waals surface area contributed by atoms with E-state index in [9.17, 15) is 14.4 Å². The molecule has 1 N–H and O–H groups in total. The average molecular weight is 853 g/mol. The Labute approximate surface area is 370 Å². The second-order valence-electron chi connectivity index (χ2n) is 17.7. The maximum Gasteiger partial charge on any atom is 0.331 e. The van der Waals surface area contributed by atoms with Crippen molar-refractivity contribution < 1.29 is 19.1 Å². The van der Waals surface area contributed by atoms with Gasteiger partial charge in [0.25, 0.3) is 5.91 Å². The van der Waals surface area contributed by atoms with E-state index in [1.165, 1.54) is 29.0 Å². The third-order valence-corrected chi connectivity index (χ3v) is 13.6. The number of urea groups is 1. The summed E-state index contributed by atoms with van der Waals surface area (Å²) in [7, 11) is 5.21. The molecule has 63 heavy (non-hydrogen) atoms. The molecule has 4 fully saturated rings. The molecule has 0 unspecified atom stereocenters. The number of piperazine rings is 1. The molecule has 4 amide bonds. The molecule has 3 aromatic carbocycles. The SMILES string of the molecule is COc1ccc(CN2C(=O)CCN(c3ccc(C4CCN(CCN5CCN(c6ccc(Nc7ncc8cc(C(=O)N(C)C)n(C9CCCC9)c8n7)cc6)CC5)CC4)cc3)C2=O)cc1. The Balaban J connectivity index is 0.716. The Morgan fingerprint density at radius 1 is 0.794 bits per heavy atom. The molecule has 1 saturated carbocycles. The number of carbonyl (C=O) groups is 3. The van der Waals surface area contributed by atoms with Gasteiger partial charge in [0.15, 0.2) is 0 Å². The lowest BCUT2D eigenvalue weighted by Gasteiger charge is -2.38. The van der Waals surface area contributed by atoms with Gasteiger partial charge in [-0.2, -0.15) is 4.98 Å². The molecule has 14 nitrogen and oxygen atoms in total. The van der Waals surface area contributed by atoms with Gasteiger partial charge in [0, 0.05) is 101 Å². The third kappa shape index (κ3) is 9.38. The van der Waals surface area contributed by atoms with Crippen LogP contribution in [0.1, 0.15) is 78.5 Å². The number of carbonyl (C=O) groups excluding carboxylic acids is 3. The zero-order valence-electron chi connectivity index (χ0n) is 36.9. The van der Waals surface area contributed by atoms with Gasteiger partial charge in [0.2, 0.25) is 11.9 Å². The molecule has 9 rings (SSSR count). The van der Waals surface area contributed by atoms with Gasteiger partial charge >= 0.3 is 6.03 Å². The number of ether oxygens (including phenoxy) is 1. The number of amides is 4. The van der Waals surface area contributed by atoms with Gasteiger partial charge in [-0.3, -0.25) is 24.3 Å². The number of rotatable bonds is 13. The summed E-state index contributed by atoms with van der Waals surface area (Å²) in [5, 5.41) is 4.30. The summed E-state index contributed by atoms with van der Waals surface area (Å²) in [4.78, 5) is 61.3. The van der Waals surface area contributed by atoms with Crippen LogP contribution in [0, 0.1) is 0 Å². The van der Waals surface area contributed by atoms with Gasteiger partial charge < -0.3 is 29.3 Å². The molecule has 330 valence electrons. The van der Waals surface area contributed by atoms with E-state index in [0.29, 0.717) is 30.5 Å². The molecular formula is C49H60N10O4. The third-order valence-electron chi connectivity index (χ3n) is 13.6. The lowest BCUT2D eigenvalue weighted by atomic mass is 9.89. The minimum atomic E-state index is -0.269. The molecule has 4 aliphatic rings. The van der Waals surface area contributed by atoms with E-state index in [2.05, 4.69) is 66.0 Å². The van der Waals surface area contributed by atoms with Crippen molar-refractivity contribution in [1.29, 1.82) is 0 Å². The Morgan fingerprint density at radius 2 is 1.46 bits per heavy atom. The van der Waals surface area contributed by atoms with Gasteiger partial charge in [0.1, 0.15) is 17.1 Å². The van der Waals surface area contributed by atoms with E-state index in [0.717, 1.165) is 112 Å². The molecule has 0 spiro atoms. The molecular weight excluding hydrogens is 793 g/mol. The van der Waals surface area contributed by atoms with Crippen LogP contribution in [0.25, 0.3) is 11.0 Å². The topological polar surface area (TPSA) is 123 Å². The van der Waals surface area contributed by atoms with E-state index in [1.807, 2.05) is 48.7 Å². The number of aromatic nitrogens is 3. The summed E-state index contributed by atoms with van der Waals surface area (Å²) < 4.78 is 7.40. The number of likely N-dealkylation sites (tertiary alicyclic amines) is 1. The molecule has 1 aliphatic carbocycles. The monoisotopic (exact) mass is 852 g/mol. The predicted molar refractivity (Wildman–Crippen MR) is 247 cm³/mol. The van der Waals surface area contributed by atoms with Crippen LogP contribution in [0.5, 0.6) is 5.75 Å². The first-order valence-corrected chi connectivity index (χ1v) is 22.7. The average Bonchev–Trinajstić information content (AvgIpc) is 3.99. The zero-order chi connectivity index (χ0) is 43.5. The van der Waals surface area contributed by atoms with Crippen molar-refractivity contribution in [3.8, 4) is 5.75 Å². The fourth-order valence-corrected chi connectivity index (χ4v) is 9.81. The van der Waals surface area contributed by atoms with Crippen LogP contribution in [-0.4, -0.2) is 132 Å². The normalized spacial score (nSPS) is 18.4. The summed E-state index contributed by atoms with van der Waals surface area (Å²) in [5.41, 5.74) is 6.70. The highest BCUT2D eigenvalue weighted by Gasteiger charge is 2.33. The number of nitrogens with one attached hydrogen (secondary N) is 1. The number of anilines is 4. The van der Waals surface area contributed by atoms with E-state index >= 15 is 0 Å². The molecule has 0 radical (unpaired) electrons. The second kappa shape index (κ2) is 18.8. The van der Waals surface area contributed by atoms with Crippen molar-refractivity contribution in [2.45, 2.75) is 63.5 Å². The van der Waals surface area contributed by atoms with Crippen LogP contribution in [0.2, 0.25) is 0 Å². The van der Waals surface area contributed by atoms with Crippen molar-refractivity contribution >= 4 is 51.9 Å². The molecule has 14 heteroatoms. The number of piperidine rings is 1. The van der Waals surface area contributed by atoms with E-state index in [-0.39, 0.29) is 30.4 Å². The van der Waals surface area contributed by atoms with Crippen LogP contribution in [0.15, 0.2) is 85.1 Å². The zero-order valence-corrected chi connectivity index (χ0v) is 36.9. The minimum absolute atomic E-state index is 0.00637. The number of hydrogen-bond donors (Lipinski definition) is 1. The molecule has 5 heterocycles. The molecule has 3 aliphatic heterocycles. The van der Waals surface area contributed by atoms with E-state index < -0.39 is 0 Å². The largest absolute Gasteiger partial charge is 0.497 e. The number of fused-ring (bicyclic) bond motifs is 1. The summed E-state index contributed by atoms with van der Waals surface area (Å²) in [6, 6.07) is 26.4. The summed E-state index contributed by atoms with van der Waals surface area (Å²) in [5.74, 6) is 1.63. The van der Waals surface area contributed by atoms with Crippen molar-refractivity contribution in [3.63, 3.8) is 0 Å². The summed E-state index contributed by atoms with van der Waals surface area (Å²) in [6.07, 6.45) is 8.83. The number of hydrogen-bond acceptors (Lipinski definition) is 10. The fourth-order valence-electron chi connectivity index (χ4n) is 9.81. The smallest absolute Gasteiger partial charge is 0.331 e. The van der Waals surface area contributed by atoms with Gasteiger partial charge in [0.05, 0.1) is 13.7 Å². The maximum atomic E-state index is 13.5. The molecule has 0 bridgehead atoms.